The number of hydrogen-bond acceptors (Lipinski definition) is 0. The molecule has 0 saturated carbocycles. The van der Waals surface area contributed by atoms with Gasteiger partial charge in [-0.15, -0.1) is 0 Å². The van der Waals surface area contributed by atoms with E-state index in [1.165, 1.54) is 32.3 Å². The largest absolute Gasteiger partial charge is 0.0990 e. The summed E-state index contributed by atoms with van der Waals surface area (Å²) in [6.07, 6.45) is 5.80. The van der Waals surface area contributed by atoms with Crippen LogP contribution in [0.1, 0.15) is 5.56 Å². The maximum absolute atomic E-state index is 3.92. The molecule has 0 saturated heterocycles. The van der Waals surface area contributed by atoms with Crippen LogP contribution in [0.4, 0.5) is 0 Å². The summed E-state index contributed by atoms with van der Waals surface area (Å²) in [5.74, 6) is 0. The molecule has 0 atom stereocenters. The SMILES string of the molecule is C=C/C=c1/ccc2cccc3ccc(C=C)c1c32. The van der Waals surface area contributed by atoms with E-state index >= 15 is 0 Å². The predicted molar refractivity (Wildman–Crippen MR) is 81.4 cm³/mol. The summed E-state index contributed by atoms with van der Waals surface area (Å²) in [7, 11) is 0. The Hall–Kier alpha value is -2.34. The lowest BCUT2D eigenvalue weighted by Gasteiger charge is -2.09. The minimum absolute atomic E-state index is 1.17. The standard InChI is InChI=1S/C18H14/c1-3-6-14-11-12-16-8-5-7-15-10-9-13(4-2)17(14)18(15)16/h3-12H,1-2H2/b14-6-. The van der Waals surface area contributed by atoms with Gasteiger partial charge in [-0.25, -0.2) is 0 Å². The molecule has 0 bridgehead atoms. The van der Waals surface area contributed by atoms with Gasteiger partial charge in [-0.05, 0) is 32.3 Å². The van der Waals surface area contributed by atoms with E-state index in [4.69, 9.17) is 0 Å². The van der Waals surface area contributed by atoms with E-state index in [2.05, 4.69) is 55.6 Å². The molecule has 0 amide bonds. The topological polar surface area (TPSA) is 0 Å². The Bertz CT molecular complexity index is 791. The van der Waals surface area contributed by atoms with Crippen LogP contribution in [0.3, 0.4) is 0 Å². The summed E-state index contributed by atoms with van der Waals surface area (Å²) >= 11 is 0. The number of hydrogen-bond donors (Lipinski definition) is 0. The van der Waals surface area contributed by atoms with Crippen molar-refractivity contribution in [3.8, 4) is 0 Å². The molecule has 0 aliphatic carbocycles. The normalized spacial score (nSPS) is 12.1. The molecule has 0 fully saturated rings. The van der Waals surface area contributed by atoms with E-state index in [9.17, 15) is 0 Å². The van der Waals surface area contributed by atoms with Crippen molar-refractivity contribution in [2.45, 2.75) is 0 Å². The van der Waals surface area contributed by atoms with E-state index in [0.29, 0.717) is 0 Å². The third-order valence-corrected chi connectivity index (χ3v) is 3.36. The minimum atomic E-state index is 1.17. The molecule has 0 nitrogen and oxygen atoms in total. The second kappa shape index (κ2) is 4.15. The van der Waals surface area contributed by atoms with Crippen molar-refractivity contribution in [1.29, 1.82) is 0 Å². The maximum Gasteiger partial charge on any atom is -0.00268 e. The monoisotopic (exact) mass is 230 g/mol. The van der Waals surface area contributed by atoms with Crippen molar-refractivity contribution in [3.63, 3.8) is 0 Å². The molecule has 3 rings (SSSR count). The lowest BCUT2D eigenvalue weighted by molar-refractivity contribution is 1.68. The second-order valence-corrected chi connectivity index (χ2v) is 4.37. The first-order chi connectivity index (χ1) is 8.85. The summed E-state index contributed by atoms with van der Waals surface area (Å²) in [5.41, 5.74) is 1.17. The Kier molecular flexibility index (Phi) is 2.49. The van der Waals surface area contributed by atoms with Crippen LogP contribution in [0.5, 0.6) is 0 Å². The first-order valence-corrected chi connectivity index (χ1v) is 6.04. The summed E-state index contributed by atoms with van der Waals surface area (Å²) in [6, 6.07) is 15.0. The van der Waals surface area contributed by atoms with Gasteiger partial charge in [0.05, 0.1) is 0 Å². The van der Waals surface area contributed by atoms with Crippen molar-refractivity contribution in [2.75, 3.05) is 0 Å². The zero-order valence-corrected chi connectivity index (χ0v) is 10.2. The van der Waals surface area contributed by atoms with Crippen molar-refractivity contribution in [3.05, 3.63) is 72.5 Å². The Morgan fingerprint density at radius 2 is 1.50 bits per heavy atom. The van der Waals surface area contributed by atoms with Gasteiger partial charge in [-0.2, -0.15) is 0 Å². The smallest absolute Gasteiger partial charge is 0.00268 e. The summed E-state index contributed by atoms with van der Waals surface area (Å²) in [5, 5.41) is 6.31. The van der Waals surface area contributed by atoms with E-state index in [0.717, 1.165) is 0 Å². The van der Waals surface area contributed by atoms with Gasteiger partial charge in [0.1, 0.15) is 0 Å². The average molecular weight is 230 g/mol. The highest BCUT2D eigenvalue weighted by molar-refractivity contribution is 6.12. The summed E-state index contributed by atoms with van der Waals surface area (Å²) in [6.45, 7) is 7.71. The molecule has 0 aromatic heterocycles. The van der Waals surface area contributed by atoms with Crippen LogP contribution in [-0.2, 0) is 0 Å². The van der Waals surface area contributed by atoms with Gasteiger partial charge in [-0.1, -0.05) is 73.9 Å². The van der Waals surface area contributed by atoms with Crippen molar-refractivity contribution in [2.24, 2.45) is 0 Å². The van der Waals surface area contributed by atoms with Crippen LogP contribution in [0.15, 0.2) is 61.7 Å². The molecule has 86 valence electrons. The van der Waals surface area contributed by atoms with E-state index in [1.807, 2.05) is 18.2 Å². The minimum Gasteiger partial charge on any atom is -0.0990 e. The molecular formula is C18H14. The quantitative estimate of drug-likeness (QED) is 0.615. The highest BCUT2D eigenvalue weighted by Crippen LogP contribution is 2.27. The molecule has 3 aromatic carbocycles. The first-order valence-electron chi connectivity index (χ1n) is 6.04. The second-order valence-electron chi connectivity index (χ2n) is 4.37. The highest BCUT2D eigenvalue weighted by Gasteiger charge is 2.05. The molecule has 0 heterocycles. The predicted octanol–water partition coefficient (Wildman–Crippen LogP) is 4.32. The highest BCUT2D eigenvalue weighted by atomic mass is 14.1. The fraction of sp³-hybridized carbons (Fsp3) is 0. The molecule has 0 heteroatoms. The summed E-state index contributed by atoms with van der Waals surface area (Å²) in [4.78, 5) is 0. The van der Waals surface area contributed by atoms with E-state index < -0.39 is 0 Å². The van der Waals surface area contributed by atoms with Crippen LogP contribution in [0.25, 0.3) is 33.7 Å². The molecule has 0 spiro atoms. The van der Waals surface area contributed by atoms with E-state index in [-0.39, 0.29) is 0 Å². The molecule has 0 unspecified atom stereocenters. The Balaban J connectivity index is 2.69. The van der Waals surface area contributed by atoms with Crippen LogP contribution in [0, 0.1) is 0 Å². The number of rotatable bonds is 2. The zero-order chi connectivity index (χ0) is 12.5. The lowest BCUT2D eigenvalue weighted by atomic mass is 9.95. The molecule has 18 heavy (non-hydrogen) atoms. The van der Waals surface area contributed by atoms with E-state index in [1.54, 1.807) is 0 Å². The molecule has 3 aromatic rings. The molecule has 0 aliphatic heterocycles. The average Bonchev–Trinajstić information content (AvgIpc) is 2.42. The van der Waals surface area contributed by atoms with Gasteiger partial charge in [0.2, 0.25) is 0 Å². The van der Waals surface area contributed by atoms with Gasteiger partial charge >= 0.3 is 0 Å². The van der Waals surface area contributed by atoms with Gasteiger partial charge in [0, 0.05) is 0 Å². The van der Waals surface area contributed by atoms with Crippen LogP contribution in [-0.4, -0.2) is 0 Å². The number of allylic oxidation sites excluding steroid dienone is 1. The third kappa shape index (κ3) is 1.46. The Labute approximate surface area is 107 Å². The van der Waals surface area contributed by atoms with Gasteiger partial charge in [-0.3, -0.25) is 0 Å². The van der Waals surface area contributed by atoms with Crippen LogP contribution in [0.2, 0.25) is 0 Å². The third-order valence-electron chi connectivity index (χ3n) is 3.36. The molecule has 0 radical (unpaired) electrons. The maximum atomic E-state index is 3.92. The van der Waals surface area contributed by atoms with Crippen molar-refractivity contribution < 1.29 is 0 Å². The van der Waals surface area contributed by atoms with Gasteiger partial charge in [0.15, 0.2) is 0 Å². The van der Waals surface area contributed by atoms with Gasteiger partial charge < -0.3 is 0 Å². The van der Waals surface area contributed by atoms with Crippen LogP contribution >= 0.6 is 0 Å². The fourth-order valence-electron chi connectivity index (χ4n) is 2.57. The van der Waals surface area contributed by atoms with Crippen molar-refractivity contribution >= 4 is 33.7 Å². The first kappa shape index (κ1) is 10.8. The van der Waals surface area contributed by atoms with Crippen LogP contribution < -0.4 is 5.22 Å². The number of benzene rings is 3. The summed E-state index contributed by atoms with van der Waals surface area (Å²) < 4.78 is 0. The zero-order valence-electron chi connectivity index (χ0n) is 10.2. The van der Waals surface area contributed by atoms with Crippen molar-refractivity contribution in [1.82, 2.24) is 0 Å². The molecular weight excluding hydrogens is 216 g/mol. The Morgan fingerprint density at radius 3 is 2.17 bits per heavy atom. The molecule has 0 N–H and O–H groups in total. The molecule has 0 aliphatic rings. The fourth-order valence-corrected chi connectivity index (χ4v) is 2.57. The van der Waals surface area contributed by atoms with Gasteiger partial charge in [0.25, 0.3) is 0 Å². The lowest BCUT2D eigenvalue weighted by Crippen LogP contribution is -2.03. The Morgan fingerprint density at radius 1 is 0.778 bits per heavy atom.